The first-order valence-electron chi connectivity index (χ1n) is 7.85. The maximum absolute atomic E-state index is 12.2. The normalized spacial score (nSPS) is 15.4. The summed E-state index contributed by atoms with van der Waals surface area (Å²) in [5, 5.41) is 8.72. The molecule has 1 aliphatic heterocycles. The fourth-order valence-corrected chi connectivity index (χ4v) is 3.40. The summed E-state index contributed by atoms with van der Waals surface area (Å²) in [6.45, 7) is 4.28. The van der Waals surface area contributed by atoms with Crippen LogP contribution in [0.3, 0.4) is 0 Å². The van der Waals surface area contributed by atoms with E-state index in [1.165, 1.54) is 0 Å². The average Bonchev–Trinajstić information content (AvgIpc) is 2.59. The van der Waals surface area contributed by atoms with Gasteiger partial charge in [-0.25, -0.2) is 4.79 Å². The molecule has 134 valence electrons. The number of morpholine rings is 1. The highest BCUT2D eigenvalue weighted by Gasteiger charge is 2.17. The Morgan fingerprint density at radius 3 is 2.83 bits per heavy atom. The average molecular weight is 419 g/mol. The standard InChI is InChI=1S/C16H23BrN2O4S/c17-14-10-12(16(21)23-6-8-24-7-3-20)9-13(15(14)18)11-19-1-4-22-5-2-19/h9-10,20H,1-8,11,18H2. The van der Waals surface area contributed by atoms with Crippen molar-refractivity contribution in [3.63, 3.8) is 0 Å². The van der Waals surface area contributed by atoms with Gasteiger partial charge < -0.3 is 20.3 Å². The molecule has 0 unspecified atom stereocenters. The molecule has 0 radical (unpaired) electrons. The van der Waals surface area contributed by atoms with Crippen molar-refractivity contribution in [2.75, 3.05) is 56.8 Å². The number of nitrogens with zero attached hydrogens (tertiary/aromatic N) is 1. The molecular weight excluding hydrogens is 396 g/mol. The molecule has 0 saturated carbocycles. The minimum Gasteiger partial charge on any atom is -0.461 e. The van der Waals surface area contributed by atoms with Crippen LogP contribution in [0.25, 0.3) is 0 Å². The second-order valence-electron chi connectivity index (χ2n) is 5.39. The third-order valence-corrected chi connectivity index (χ3v) is 5.23. The first-order valence-corrected chi connectivity index (χ1v) is 9.80. The molecule has 0 spiro atoms. The van der Waals surface area contributed by atoms with Crippen molar-refractivity contribution >= 4 is 39.3 Å². The topological polar surface area (TPSA) is 85.0 Å². The number of nitrogens with two attached hydrogens (primary N) is 1. The number of esters is 1. The summed E-state index contributed by atoms with van der Waals surface area (Å²) in [6.07, 6.45) is 0. The smallest absolute Gasteiger partial charge is 0.338 e. The number of carbonyl (C=O) groups excluding carboxylic acids is 1. The number of benzene rings is 1. The van der Waals surface area contributed by atoms with Gasteiger partial charge >= 0.3 is 5.97 Å². The van der Waals surface area contributed by atoms with Crippen molar-refractivity contribution in [2.45, 2.75) is 6.54 Å². The Hall–Kier alpha value is -0.800. The van der Waals surface area contributed by atoms with Crippen molar-refractivity contribution in [1.82, 2.24) is 4.90 Å². The monoisotopic (exact) mass is 418 g/mol. The quantitative estimate of drug-likeness (QED) is 0.377. The second-order valence-corrected chi connectivity index (χ2v) is 7.47. The fraction of sp³-hybridized carbons (Fsp3) is 0.562. The Morgan fingerprint density at radius 2 is 2.12 bits per heavy atom. The Bertz CT molecular complexity index is 553. The van der Waals surface area contributed by atoms with E-state index in [2.05, 4.69) is 20.8 Å². The van der Waals surface area contributed by atoms with E-state index in [0.29, 0.717) is 53.6 Å². The highest BCUT2D eigenvalue weighted by Crippen LogP contribution is 2.27. The Balaban J connectivity index is 1.98. The highest BCUT2D eigenvalue weighted by molar-refractivity contribution is 9.10. The van der Waals surface area contributed by atoms with Gasteiger partial charge in [-0.1, -0.05) is 0 Å². The highest BCUT2D eigenvalue weighted by atomic mass is 79.9. The molecule has 1 fully saturated rings. The van der Waals surface area contributed by atoms with Crippen LogP contribution in [0.15, 0.2) is 16.6 Å². The predicted octanol–water partition coefficient (Wildman–Crippen LogP) is 1.75. The molecule has 3 N–H and O–H groups in total. The lowest BCUT2D eigenvalue weighted by Gasteiger charge is -2.27. The predicted molar refractivity (Wildman–Crippen MR) is 99.3 cm³/mol. The van der Waals surface area contributed by atoms with Gasteiger partial charge in [0.2, 0.25) is 0 Å². The van der Waals surface area contributed by atoms with Gasteiger partial charge in [-0.15, -0.1) is 0 Å². The van der Waals surface area contributed by atoms with Gasteiger partial charge in [0.25, 0.3) is 0 Å². The number of aliphatic hydroxyl groups excluding tert-OH is 1. The lowest BCUT2D eigenvalue weighted by atomic mass is 10.1. The number of anilines is 1. The number of halogens is 1. The van der Waals surface area contributed by atoms with Crippen LogP contribution in [0.4, 0.5) is 5.69 Å². The molecule has 0 aromatic heterocycles. The van der Waals surface area contributed by atoms with Crippen molar-refractivity contribution in [2.24, 2.45) is 0 Å². The second kappa shape index (κ2) is 10.2. The molecule has 0 aliphatic carbocycles. The van der Waals surface area contributed by atoms with Crippen LogP contribution >= 0.6 is 27.7 Å². The number of carbonyl (C=O) groups is 1. The first-order chi connectivity index (χ1) is 11.6. The number of hydrogen-bond acceptors (Lipinski definition) is 7. The zero-order valence-corrected chi connectivity index (χ0v) is 15.9. The number of nitrogen functional groups attached to an aromatic ring is 1. The number of aliphatic hydroxyl groups is 1. The summed E-state index contributed by atoms with van der Waals surface area (Å²) < 4.78 is 11.3. The van der Waals surface area contributed by atoms with E-state index in [9.17, 15) is 4.79 Å². The number of ether oxygens (including phenoxy) is 2. The van der Waals surface area contributed by atoms with E-state index in [1.54, 1.807) is 23.9 Å². The van der Waals surface area contributed by atoms with Crippen LogP contribution in [0, 0.1) is 0 Å². The van der Waals surface area contributed by atoms with Crippen LogP contribution in [0.5, 0.6) is 0 Å². The molecule has 8 heteroatoms. The maximum Gasteiger partial charge on any atom is 0.338 e. The van der Waals surface area contributed by atoms with Crippen molar-refractivity contribution in [3.8, 4) is 0 Å². The van der Waals surface area contributed by atoms with Crippen LogP contribution < -0.4 is 5.73 Å². The summed E-state index contributed by atoms with van der Waals surface area (Å²) in [4.78, 5) is 14.5. The summed E-state index contributed by atoms with van der Waals surface area (Å²) in [7, 11) is 0. The molecule has 6 nitrogen and oxygen atoms in total. The third-order valence-electron chi connectivity index (χ3n) is 3.65. The van der Waals surface area contributed by atoms with Gasteiger partial charge in [0, 0.05) is 35.6 Å². The third kappa shape index (κ3) is 5.93. The first kappa shape index (κ1) is 19.5. The summed E-state index contributed by atoms with van der Waals surface area (Å²) in [5.41, 5.74) is 8.19. The number of rotatable bonds is 8. The minimum absolute atomic E-state index is 0.133. The molecule has 1 aromatic carbocycles. The lowest BCUT2D eigenvalue weighted by molar-refractivity contribution is 0.0342. The van der Waals surface area contributed by atoms with Crippen LogP contribution in [-0.4, -0.2) is 67.0 Å². The van der Waals surface area contributed by atoms with Gasteiger partial charge in [0.05, 0.1) is 31.1 Å². The molecule has 1 heterocycles. The zero-order chi connectivity index (χ0) is 17.4. The molecule has 0 atom stereocenters. The summed E-state index contributed by atoms with van der Waals surface area (Å²) in [5.74, 6) is 0.959. The molecule has 1 aromatic rings. The maximum atomic E-state index is 12.2. The van der Waals surface area contributed by atoms with E-state index in [-0.39, 0.29) is 12.6 Å². The Kier molecular flexibility index (Phi) is 8.34. The van der Waals surface area contributed by atoms with E-state index < -0.39 is 0 Å². The molecule has 24 heavy (non-hydrogen) atoms. The van der Waals surface area contributed by atoms with E-state index in [4.69, 9.17) is 20.3 Å². The fourth-order valence-electron chi connectivity index (χ4n) is 2.37. The zero-order valence-electron chi connectivity index (χ0n) is 13.5. The van der Waals surface area contributed by atoms with Gasteiger partial charge in [0.15, 0.2) is 0 Å². The summed E-state index contributed by atoms with van der Waals surface area (Å²) in [6, 6.07) is 3.50. The van der Waals surface area contributed by atoms with Crippen LogP contribution in [-0.2, 0) is 16.0 Å². The minimum atomic E-state index is -0.358. The number of hydrogen-bond donors (Lipinski definition) is 2. The van der Waals surface area contributed by atoms with E-state index >= 15 is 0 Å². The van der Waals surface area contributed by atoms with Crippen molar-refractivity contribution in [3.05, 3.63) is 27.7 Å². The van der Waals surface area contributed by atoms with Crippen LogP contribution in [0.1, 0.15) is 15.9 Å². The number of thioether (sulfide) groups is 1. The van der Waals surface area contributed by atoms with Crippen LogP contribution in [0.2, 0.25) is 0 Å². The SMILES string of the molecule is Nc1c(Br)cc(C(=O)OCCSCCO)cc1CN1CCOCC1. The van der Waals surface area contributed by atoms with E-state index in [0.717, 1.165) is 18.7 Å². The molecule has 2 rings (SSSR count). The molecule has 0 bridgehead atoms. The van der Waals surface area contributed by atoms with Gasteiger partial charge in [-0.2, -0.15) is 11.8 Å². The van der Waals surface area contributed by atoms with Gasteiger partial charge in [0.1, 0.15) is 6.61 Å². The lowest BCUT2D eigenvalue weighted by Crippen LogP contribution is -2.35. The molecule has 1 aliphatic rings. The molecule has 0 amide bonds. The van der Waals surface area contributed by atoms with Gasteiger partial charge in [-0.05, 0) is 33.6 Å². The van der Waals surface area contributed by atoms with Gasteiger partial charge in [-0.3, -0.25) is 4.90 Å². The van der Waals surface area contributed by atoms with Crippen molar-refractivity contribution in [1.29, 1.82) is 0 Å². The Labute approximate surface area is 154 Å². The summed E-state index contributed by atoms with van der Waals surface area (Å²) >= 11 is 4.97. The largest absolute Gasteiger partial charge is 0.461 e. The van der Waals surface area contributed by atoms with E-state index in [1.807, 2.05) is 0 Å². The Morgan fingerprint density at radius 1 is 1.38 bits per heavy atom. The molecule has 1 saturated heterocycles. The molecular formula is C16H23BrN2O4S. The van der Waals surface area contributed by atoms with Crippen molar-refractivity contribution < 1.29 is 19.4 Å².